The molecule has 0 fully saturated rings. The van der Waals surface area contributed by atoms with Gasteiger partial charge in [-0.25, -0.2) is 4.79 Å². The Bertz CT molecular complexity index is 227. The molecule has 0 rings (SSSR count). The van der Waals surface area contributed by atoms with Crippen molar-refractivity contribution in [3.8, 4) is 0 Å². The van der Waals surface area contributed by atoms with Crippen LogP contribution in [0.2, 0.25) is 0 Å². The molecule has 1 amide bonds. The molecule has 19 heavy (non-hydrogen) atoms. The lowest BCUT2D eigenvalue weighted by molar-refractivity contribution is -0.122. The number of hydrogen-bond donors (Lipinski definition) is 2. The van der Waals surface area contributed by atoms with Crippen molar-refractivity contribution in [2.24, 2.45) is 0 Å². The number of nitrogens with one attached hydrogen (secondary N) is 1. The van der Waals surface area contributed by atoms with E-state index >= 15 is 0 Å². The standard InChI is InChI=1S/C10H19NO2S.C2H6.CH2O2/c1-5-7-14-8-6-11-9(12)13-10(2,3)4;1-2;2-1-3/h5H,1,6-8H2,2-4H3,(H,11,12);1-2H3;1H,(H,2,3). The number of thioether (sulfide) groups is 1. The van der Waals surface area contributed by atoms with Crippen molar-refractivity contribution in [1.82, 2.24) is 5.32 Å². The fourth-order valence-corrected chi connectivity index (χ4v) is 1.29. The summed E-state index contributed by atoms with van der Waals surface area (Å²) < 4.78 is 5.06. The number of ether oxygens (including phenoxy) is 1. The Morgan fingerprint density at radius 3 is 2.26 bits per heavy atom. The van der Waals surface area contributed by atoms with Crippen molar-refractivity contribution in [2.75, 3.05) is 18.1 Å². The van der Waals surface area contributed by atoms with E-state index in [-0.39, 0.29) is 12.6 Å². The largest absolute Gasteiger partial charge is 0.483 e. The summed E-state index contributed by atoms with van der Waals surface area (Å²) in [6, 6.07) is 0. The zero-order valence-electron chi connectivity index (χ0n) is 12.6. The van der Waals surface area contributed by atoms with Gasteiger partial charge in [0.2, 0.25) is 0 Å². The summed E-state index contributed by atoms with van der Waals surface area (Å²) >= 11 is 1.72. The van der Waals surface area contributed by atoms with Gasteiger partial charge in [-0.05, 0) is 20.8 Å². The molecule has 0 saturated heterocycles. The first kappa shape index (κ1) is 23.0. The highest BCUT2D eigenvalue weighted by Crippen LogP contribution is 2.06. The normalized spacial score (nSPS) is 8.89. The molecular formula is C13H27NO4S. The summed E-state index contributed by atoms with van der Waals surface area (Å²) in [5, 5.41) is 9.57. The molecule has 6 heteroatoms. The quantitative estimate of drug-likeness (QED) is 0.462. The summed E-state index contributed by atoms with van der Waals surface area (Å²) in [6.45, 7) is 13.5. The smallest absolute Gasteiger partial charge is 0.407 e. The number of hydrogen-bond acceptors (Lipinski definition) is 4. The molecule has 0 aromatic carbocycles. The van der Waals surface area contributed by atoms with E-state index in [0.29, 0.717) is 6.54 Å². The molecule has 5 nitrogen and oxygen atoms in total. The third kappa shape index (κ3) is 31.6. The fourth-order valence-electron chi connectivity index (χ4n) is 0.706. The second-order valence-electron chi connectivity index (χ2n) is 3.90. The molecule has 0 aromatic rings. The minimum atomic E-state index is -0.418. The van der Waals surface area contributed by atoms with E-state index in [9.17, 15) is 4.79 Å². The molecule has 0 aliphatic carbocycles. The highest BCUT2D eigenvalue weighted by Gasteiger charge is 2.15. The minimum absolute atomic E-state index is 0.250. The molecule has 0 spiro atoms. The zero-order valence-corrected chi connectivity index (χ0v) is 13.4. The van der Waals surface area contributed by atoms with Crippen LogP contribution in [0.3, 0.4) is 0 Å². The highest BCUT2D eigenvalue weighted by molar-refractivity contribution is 7.99. The van der Waals surface area contributed by atoms with E-state index in [0.717, 1.165) is 11.5 Å². The lowest BCUT2D eigenvalue weighted by Crippen LogP contribution is -2.33. The van der Waals surface area contributed by atoms with Gasteiger partial charge >= 0.3 is 6.09 Å². The van der Waals surface area contributed by atoms with Crippen LogP contribution in [0.25, 0.3) is 0 Å². The molecule has 114 valence electrons. The topological polar surface area (TPSA) is 75.6 Å². The van der Waals surface area contributed by atoms with Gasteiger partial charge in [0.15, 0.2) is 0 Å². The third-order valence-electron chi connectivity index (χ3n) is 1.15. The van der Waals surface area contributed by atoms with E-state index in [1.807, 2.05) is 40.7 Å². The average Bonchev–Trinajstić information content (AvgIpc) is 2.30. The van der Waals surface area contributed by atoms with Gasteiger partial charge in [0, 0.05) is 18.1 Å². The van der Waals surface area contributed by atoms with Crippen LogP contribution in [-0.4, -0.2) is 41.3 Å². The highest BCUT2D eigenvalue weighted by atomic mass is 32.2. The number of carbonyl (C=O) groups excluding carboxylic acids is 1. The van der Waals surface area contributed by atoms with Crippen molar-refractivity contribution < 1.29 is 19.4 Å². The molecule has 0 atom stereocenters. The molecule has 0 aliphatic rings. The lowest BCUT2D eigenvalue weighted by atomic mass is 10.2. The Hall–Kier alpha value is -1.17. The molecule has 0 aromatic heterocycles. The van der Waals surface area contributed by atoms with Gasteiger partial charge in [0.1, 0.15) is 5.60 Å². The van der Waals surface area contributed by atoms with E-state index in [4.69, 9.17) is 14.6 Å². The van der Waals surface area contributed by atoms with Gasteiger partial charge in [0.25, 0.3) is 6.47 Å². The van der Waals surface area contributed by atoms with Crippen LogP contribution in [0.4, 0.5) is 4.79 Å². The van der Waals surface area contributed by atoms with Gasteiger partial charge in [-0.3, -0.25) is 4.79 Å². The van der Waals surface area contributed by atoms with Crippen molar-refractivity contribution in [3.05, 3.63) is 12.7 Å². The molecule has 0 radical (unpaired) electrons. The van der Waals surface area contributed by atoms with Crippen LogP contribution >= 0.6 is 11.8 Å². The monoisotopic (exact) mass is 293 g/mol. The van der Waals surface area contributed by atoms with Crippen molar-refractivity contribution in [3.63, 3.8) is 0 Å². The van der Waals surface area contributed by atoms with Crippen molar-refractivity contribution in [1.29, 1.82) is 0 Å². The summed E-state index contributed by atoms with van der Waals surface area (Å²) in [5.41, 5.74) is -0.418. The van der Waals surface area contributed by atoms with Gasteiger partial charge in [0.05, 0.1) is 0 Å². The van der Waals surface area contributed by atoms with Gasteiger partial charge in [-0.1, -0.05) is 19.9 Å². The van der Waals surface area contributed by atoms with Crippen LogP contribution in [0.5, 0.6) is 0 Å². The molecule has 0 bridgehead atoms. The van der Waals surface area contributed by atoms with Gasteiger partial charge in [-0.15, -0.1) is 6.58 Å². The summed E-state index contributed by atoms with van der Waals surface area (Å²) in [4.78, 5) is 19.5. The van der Waals surface area contributed by atoms with Crippen molar-refractivity contribution in [2.45, 2.75) is 40.2 Å². The molecule has 2 N–H and O–H groups in total. The molecular weight excluding hydrogens is 266 g/mol. The SMILES string of the molecule is C=CCSCCNC(=O)OC(C)(C)C.CC.O=CO. The van der Waals surface area contributed by atoms with Gasteiger partial charge in [-0.2, -0.15) is 11.8 Å². The lowest BCUT2D eigenvalue weighted by Gasteiger charge is -2.19. The van der Waals surface area contributed by atoms with Crippen LogP contribution in [-0.2, 0) is 9.53 Å². The third-order valence-corrected chi connectivity index (χ3v) is 2.11. The summed E-state index contributed by atoms with van der Waals surface area (Å²) in [5.74, 6) is 1.79. The maximum Gasteiger partial charge on any atom is 0.407 e. The van der Waals surface area contributed by atoms with Gasteiger partial charge < -0.3 is 15.2 Å². The predicted molar refractivity (Wildman–Crippen MR) is 81.8 cm³/mol. The maximum atomic E-state index is 11.1. The minimum Gasteiger partial charge on any atom is -0.483 e. The van der Waals surface area contributed by atoms with E-state index in [2.05, 4.69) is 11.9 Å². The number of carbonyl (C=O) groups is 2. The Kier molecular flexibility index (Phi) is 20.3. The summed E-state index contributed by atoms with van der Waals surface area (Å²) in [6.07, 6.45) is 1.50. The second-order valence-corrected chi connectivity index (χ2v) is 5.05. The predicted octanol–water partition coefficient (Wildman–Crippen LogP) is 3.16. The van der Waals surface area contributed by atoms with E-state index in [1.54, 1.807) is 11.8 Å². The number of amides is 1. The fraction of sp³-hybridized carbons (Fsp3) is 0.692. The van der Waals surface area contributed by atoms with Crippen LogP contribution in [0.1, 0.15) is 34.6 Å². The molecule has 0 heterocycles. The maximum absolute atomic E-state index is 11.1. The van der Waals surface area contributed by atoms with E-state index in [1.165, 1.54) is 0 Å². The Balaban J connectivity index is -0.000000445. The zero-order chi connectivity index (χ0) is 15.7. The number of rotatable bonds is 5. The van der Waals surface area contributed by atoms with Crippen LogP contribution in [0.15, 0.2) is 12.7 Å². The average molecular weight is 293 g/mol. The molecule has 0 unspecified atom stereocenters. The van der Waals surface area contributed by atoms with E-state index < -0.39 is 5.60 Å². The van der Waals surface area contributed by atoms with Crippen LogP contribution in [0, 0.1) is 0 Å². The van der Waals surface area contributed by atoms with Crippen LogP contribution < -0.4 is 5.32 Å². The first-order chi connectivity index (χ1) is 8.87. The Morgan fingerprint density at radius 2 is 1.89 bits per heavy atom. The number of carboxylic acid groups (broad SMARTS) is 1. The second kappa shape index (κ2) is 16.8. The summed E-state index contributed by atoms with van der Waals surface area (Å²) in [7, 11) is 0. The Labute approximate surface area is 120 Å². The Morgan fingerprint density at radius 1 is 1.42 bits per heavy atom. The molecule has 0 saturated carbocycles. The number of alkyl carbamates (subject to hydrolysis) is 1. The first-order valence-corrected chi connectivity index (χ1v) is 7.26. The first-order valence-electron chi connectivity index (χ1n) is 6.10. The molecule has 0 aliphatic heterocycles. The van der Waals surface area contributed by atoms with Crippen molar-refractivity contribution >= 4 is 24.3 Å².